The maximum atomic E-state index is 2.38. The van der Waals surface area contributed by atoms with Gasteiger partial charge in [-0.3, -0.25) is 0 Å². The van der Waals surface area contributed by atoms with Crippen LogP contribution in [0.4, 0.5) is 0 Å². The maximum absolute atomic E-state index is 2.38. The largest absolute Gasteiger partial charge is 0.0917 e. The molecule has 0 bridgehead atoms. The summed E-state index contributed by atoms with van der Waals surface area (Å²) in [6, 6.07) is 0. The molecule has 0 heterocycles. The van der Waals surface area contributed by atoms with Crippen molar-refractivity contribution in [1.29, 1.82) is 0 Å². The molecule has 0 aliphatic carbocycles. The third-order valence-electron chi connectivity index (χ3n) is 3.12. The highest BCUT2D eigenvalue weighted by atomic mass is 14.0. The van der Waals surface area contributed by atoms with Crippen LogP contribution >= 0.6 is 0 Å². The van der Waals surface area contributed by atoms with Crippen molar-refractivity contribution >= 4 is 0 Å². The topological polar surface area (TPSA) is 0 Å². The Morgan fingerprint density at radius 2 is 1.06 bits per heavy atom. The molecule has 0 nitrogen and oxygen atoms in total. The molecule has 0 rings (SSSR count). The highest BCUT2D eigenvalue weighted by Crippen LogP contribution is 2.09. The Labute approximate surface area is 109 Å². The molecular weight excluding hydrogens is 204 g/mol. The Kier molecular flexibility index (Phi) is 15.0. The lowest BCUT2D eigenvalue weighted by Gasteiger charge is -1.99. The van der Waals surface area contributed by atoms with Crippen molar-refractivity contribution in [3.8, 4) is 0 Å². The fourth-order valence-electron chi connectivity index (χ4n) is 1.96. The summed E-state index contributed by atoms with van der Waals surface area (Å²) in [5.74, 6) is 0. The lowest BCUT2D eigenvalue weighted by Crippen LogP contribution is -1.79. The third kappa shape index (κ3) is 15.5. The molecule has 0 aliphatic heterocycles. The molecule has 0 unspecified atom stereocenters. The first-order valence-corrected chi connectivity index (χ1v) is 7.68. The molecule has 0 amide bonds. The van der Waals surface area contributed by atoms with Gasteiger partial charge in [0.05, 0.1) is 0 Å². The SMILES string of the molecule is CC=CCCCCCCCCC=CCCCC. The second-order valence-corrected chi connectivity index (χ2v) is 4.88. The van der Waals surface area contributed by atoms with Gasteiger partial charge in [0.1, 0.15) is 0 Å². The average Bonchev–Trinajstić information content (AvgIpc) is 2.35. The smallest absolute Gasteiger partial charge is 0.0351 e. The van der Waals surface area contributed by atoms with Gasteiger partial charge in [0.25, 0.3) is 0 Å². The zero-order chi connectivity index (χ0) is 12.6. The Hall–Kier alpha value is -0.520. The molecule has 0 spiro atoms. The first-order chi connectivity index (χ1) is 8.41. The summed E-state index contributed by atoms with van der Waals surface area (Å²) in [5, 5.41) is 0. The molecule has 100 valence electrons. The van der Waals surface area contributed by atoms with E-state index in [1.165, 1.54) is 70.6 Å². The van der Waals surface area contributed by atoms with Crippen molar-refractivity contribution in [2.75, 3.05) is 0 Å². The lowest BCUT2D eigenvalue weighted by molar-refractivity contribution is 0.599. The van der Waals surface area contributed by atoms with Crippen LogP contribution in [0.3, 0.4) is 0 Å². The number of allylic oxidation sites excluding steroid dienone is 4. The van der Waals surface area contributed by atoms with Crippen molar-refractivity contribution in [2.24, 2.45) is 0 Å². The van der Waals surface area contributed by atoms with Gasteiger partial charge in [0, 0.05) is 0 Å². The Morgan fingerprint density at radius 3 is 1.59 bits per heavy atom. The van der Waals surface area contributed by atoms with E-state index in [1.54, 1.807) is 0 Å². The minimum Gasteiger partial charge on any atom is -0.0917 e. The third-order valence-corrected chi connectivity index (χ3v) is 3.12. The molecule has 0 N–H and O–H groups in total. The maximum Gasteiger partial charge on any atom is -0.0351 e. The van der Waals surface area contributed by atoms with Crippen molar-refractivity contribution in [3.63, 3.8) is 0 Å². The molecule has 0 aromatic heterocycles. The van der Waals surface area contributed by atoms with E-state index in [1.807, 2.05) is 0 Å². The number of hydrogen-bond donors (Lipinski definition) is 0. The van der Waals surface area contributed by atoms with Crippen LogP contribution in [0, 0.1) is 0 Å². The second kappa shape index (κ2) is 15.5. The highest BCUT2D eigenvalue weighted by Gasteiger charge is 1.89. The van der Waals surface area contributed by atoms with Gasteiger partial charge in [-0.2, -0.15) is 0 Å². The van der Waals surface area contributed by atoms with Gasteiger partial charge in [-0.1, -0.05) is 69.8 Å². The van der Waals surface area contributed by atoms with Crippen LogP contribution < -0.4 is 0 Å². The highest BCUT2D eigenvalue weighted by molar-refractivity contribution is 4.81. The van der Waals surface area contributed by atoms with Crippen LogP contribution in [0.2, 0.25) is 0 Å². The molecule has 0 saturated heterocycles. The molecule has 0 radical (unpaired) electrons. The van der Waals surface area contributed by atoms with Crippen LogP contribution in [0.25, 0.3) is 0 Å². The van der Waals surface area contributed by atoms with E-state index in [2.05, 4.69) is 38.2 Å². The molecule has 0 saturated carbocycles. The summed E-state index contributed by atoms with van der Waals surface area (Å²) >= 11 is 0. The van der Waals surface area contributed by atoms with E-state index in [0.29, 0.717) is 0 Å². The molecule has 0 aromatic carbocycles. The quantitative estimate of drug-likeness (QED) is 0.270. The van der Waals surface area contributed by atoms with Gasteiger partial charge >= 0.3 is 0 Å². The standard InChI is InChI=1S/C17H32/c1-3-5-7-9-11-13-15-17-16-14-12-10-8-6-4-2/h3,5,10,12H,4,6-9,11,13-17H2,1-2H3. The summed E-state index contributed by atoms with van der Waals surface area (Å²) in [6.45, 7) is 4.36. The van der Waals surface area contributed by atoms with E-state index in [4.69, 9.17) is 0 Å². The number of unbranched alkanes of at least 4 members (excludes halogenated alkanes) is 9. The van der Waals surface area contributed by atoms with Gasteiger partial charge in [-0.05, 0) is 39.0 Å². The number of hydrogen-bond acceptors (Lipinski definition) is 0. The van der Waals surface area contributed by atoms with Crippen LogP contribution in [-0.2, 0) is 0 Å². The van der Waals surface area contributed by atoms with E-state index in [9.17, 15) is 0 Å². The van der Waals surface area contributed by atoms with Crippen LogP contribution in [-0.4, -0.2) is 0 Å². The molecule has 0 atom stereocenters. The molecule has 17 heavy (non-hydrogen) atoms. The predicted molar refractivity (Wildman–Crippen MR) is 80.4 cm³/mol. The molecular formula is C17H32. The Balaban J connectivity index is 3.00. The summed E-state index contributed by atoms with van der Waals surface area (Å²) in [5.41, 5.74) is 0. The van der Waals surface area contributed by atoms with Crippen LogP contribution in [0.5, 0.6) is 0 Å². The summed E-state index contributed by atoms with van der Waals surface area (Å²) in [4.78, 5) is 0. The molecule has 0 fully saturated rings. The van der Waals surface area contributed by atoms with Gasteiger partial charge in [0.2, 0.25) is 0 Å². The minimum atomic E-state index is 1.27. The van der Waals surface area contributed by atoms with E-state index < -0.39 is 0 Å². The van der Waals surface area contributed by atoms with Gasteiger partial charge in [-0.25, -0.2) is 0 Å². The summed E-state index contributed by atoms with van der Waals surface area (Å²) in [7, 11) is 0. The number of rotatable bonds is 12. The summed E-state index contributed by atoms with van der Waals surface area (Å²) in [6.07, 6.45) is 24.1. The van der Waals surface area contributed by atoms with Crippen molar-refractivity contribution in [2.45, 2.75) is 84.5 Å². The van der Waals surface area contributed by atoms with E-state index >= 15 is 0 Å². The molecule has 0 aliphatic rings. The summed E-state index contributed by atoms with van der Waals surface area (Å²) < 4.78 is 0. The lowest BCUT2D eigenvalue weighted by atomic mass is 10.1. The van der Waals surface area contributed by atoms with Crippen molar-refractivity contribution in [1.82, 2.24) is 0 Å². The van der Waals surface area contributed by atoms with Crippen LogP contribution in [0.15, 0.2) is 24.3 Å². The fourth-order valence-corrected chi connectivity index (χ4v) is 1.96. The average molecular weight is 236 g/mol. The van der Waals surface area contributed by atoms with Gasteiger partial charge in [0.15, 0.2) is 0 Å². The van der Waals surface area contributed by atoms with E-state index in [-0.39, 0.29) is 0 Å². The fraction of sp³-hybridized carbons (Fsp3) is 0.765. The van der Waals surface area contributed by atoms with Crippen LogP contribution in [0.1, 0.15) is 84.5 Å². The first kappa shape index (κ1) is 16.5. The van der Waals surface area contributed by atoms with Gasteiger partial charge < -0.3 is 0 Å². The monoisotopic (exact) mass is 236 g/mol. The van der Waals surface area contributed by atoms with Crippen molar-refractivity contribution < 1.29 is 0 Å². The molecule has 0 heteroatoms. The van der Waals surface area contributed by atoms with Crippen molar-refractivity contribution in [3.05, 3.63) is 24.3 Å². The minimum absolute atomic E-state index is 1.27. The normalized spacial score (nSPS) is 11.9. The Morgan fingerprint density at radius 1 is 0.588 bits per heavy atom. The molecule has 0 aromatic rings. The van der Waals surface area contributed by atoms with E-state index in [0.717, 1.165) is 0 Å². The Bertz CT molecular complexity index is 176. The zero-order valence-corrected chi connectivity index (χ0v) is 12.1. The second-order valence-electron chi connectivity index (χ2n) is 4.88. The van der Waals surface area contributed by atoms with Gasteiger partial charge in [-0.15, -0.1) is 0 Å². The predicted octanol–water partition coefficient (Wildman–Crippen LogP) is 6.43. The first-order valence-electron chi connectivity index (χ1n) is 7.68. The zero-order valence-electron chi connectivity index (χ0n) is 12.1.